The zero-order valence-corrected chi connectivity index (χ0v) is 8.85. The molecule has 2 nitrogen and oxygen atoms in total. The lowest BCUT2D eigenvalue weighted by molar-refractivity contribution is 0.547. The van der Waals surface area contributed by atoms with E-state index in [1.807, 2.05) is 31.4 Å². The van der Waals surface area contributed by atoms with Gasteiger partial charge in [-0.3, -0.25) is 4.79 Å². The third-order valence-electron chi connectivity index (χ3n) is 2.12. The molecule has 0 unspecified atom stereocenters. The molecule has 2 rings (SSSR count). The Labute approximate surface area is 85.9 Å². The zero-order chi connectivity index (χ0) is 10.1. The largest absolute Gasteiger partial charge is 0.460 e. The van der Waals surface area contributed by atoms with Gasteiger partial charge in [-0.25, -0.2) is 0 Å². The molecule has 0 bridgehead atoms. The van der Waals surface area contributed by atoms with E-state index in [0.29, 0.717) is 21.6 Å². The number of rotatable bonds is 1. The van der Waals surface area contributed by atoms with Gasteiger partial charge < -0.3 is 4.42 Å². The lowest BCUT2D eigenvalue weighted by Crippen LogP contribution is -2.05. The zero-order valence-electron chi connectivity index (χ0n) is 8.03. The molecule has 14 heavy (non-hydrogen) atoms. The molecular formula is C11H10O2S. The van der Waals surface area contributed by atoms with Crippen LogP contribution in [0.2, 0.25) is 0 Å². The molecule has 3 heteroatoms. The van der Waals surface area contributed by atoms with Crippen LogP contribution in [0.1, 0.15) is 5.76 Å². The van der Waals surface area contributed by atoms with Crippen molar-refractivity contribution < 1.29 is 4.42 Å². The Morgan fingerprint density at radius 1 is 1.29 bits per heavy atom. The summed E-state index contributed by atoms with van der Waals surface area (Å²) >= 11 is 1.43. The SMILES string of the molecule is CSc1c(C)oc2ccccc2c1=O. The Hall–Kier alpha value is -1.22. The van der Waals surface area contributed by atoms with Crippen molar-refractivity contribution >= 4 is 22.7 Å². The standard InChI is InChI=1S/C11H10O2S/c1-7-11(14-2)10(12)8-5-3-4-6-9(8)13-7/h3-6H,1-2H3. The van der Waals surface area contributed by atoms with Gasteiger partial charge in [-0.05, 0) is 25.3 Å². The van der Waals surface area contributed by atoms with Crippen LogP contribution < -0.4 is 5.43 Å². The monoisotopic (exact) mass is 206 g/mol. The normalized spacial score (nSPS) is 10.7. The number of thioether (sulfide) groups is 1. The fourth-order valence-corrected chi connectivity index (χ4v) is 2.10. The summed E-state index contributed by atoms with van der Waals surface area (Å²) in [5.74, 6) is 0.696. The molecule has 0 atom stereocenters. The van der Waals surface area contributed by atoms with Gasteiger partial charge in [0, 0.05) is 0 Å². The first-order chi connectivity index (χ1) is 6.74. The predicted molar refractivity (Wildman–Crippen MR) is 59.0 cm³/mol. The summed E-state index contributed by atoms with van der Waals surface area (Å²) < 4.78 is 5.54. The van der Waals surface area contributed by atoms with Crippen molar-refractivity contribution in [2.75, 3.05) is 6.26 Å². The van der Waals surface area contributed by atoms with Crippen LogP contribution in [0.5, 0.6) is 0 Å². The molecule has 0 spiro atoms. The summed E-state index contributed by atoms with van der Waals surface area (Å²) in [5.41, 5.74) is 0.727. The van der Waals surface area contributed by atoms with Gasteiger partial charge in [0.25, 0.3) is 0 Å². The lowest BCUT2D eigenvalue weighted by atomic mass is 10.2. The number of benzene rings is 1. The fourth-order valence-electron chi connectivity index (χ4n) is 1.47. The highest BCUT2D eigenvalue weighted by Crippen LogP contribution is 2.20. The van der Waals surface area contributed by atoms with Crippen LogP contribution in [-0.4, -0.2) is 6.26 Å². The van der Waals surface area contributed by atoms with E-state index < -0.39 is 0 Å². The van der Waals surface area contributed by atoms with Gasteiger partial charge in [-0.2, -0.15) is 0 Å². The summed E-state index contributed by atoms with van der Waals surface area (Å²) in [6.45, 7) is 1.82. The van der Waals surface area contributed by atoms with Crippen molar-refractivity contribution in [1.29, 1.82) is 0 Å². The molecular weight excluding hydrogens is 196 g/mol. The van der Waals surface area contributed by atoms with Crippen LogP contribution in [0.25, 0.3) is 11.0 Å². The third kappa shape index (κ3) is 1.34. The van der Waals surface area contributed by atoms with Crippen LogP contribution in [0.15, 0.2) is 38.4 Å². The van der Waals surface area contributed by atoms with E-state index in [4.69, 9.17) is 4.42 Å². The van der Waals surface area contributed by atoms with Crippen molar-refractivity contribution in [1.82, 2.24) is 0 Å². The van der Waals surface area contributed by atoms with E-state index in [1.165, 1.54) is 11.8 Å². The van der Waals surface area contributed by atoms with Crippen LogP contribution in [0.4, 0.5) is 0 Å². The fraction of sp³-hybridized carbons (Fsp3) is 0.182. The first-order valence-corrected chi connectivity index (χ1v) is 5.53. The van der Waals surface area contributed by atoms with Gasteiger partial charge >= 0.3 is 0 Å². The summed E-state index contributed by atoms with van der Waals surface area (Å²) in [7, 11) is 0. The molecule has 1 aromatic carbocycles. The van der Waals surface area contributed by atoms with Gasteiger partial charge in [-0.1, -0.05) is 12.1 Å². The Morgan fingerprint density at radius 2 is 2.00 bits per heavy atom. The van der Waals surface area contributed by atoms with E-state index in [2.05, 4.69) is 0 Å². The first-order valence-electron chi connectivity index (χ1n) is 4.30. The molecule has 0 aliphatic rings. The predicted octanol–water partition coefficient (Wildman–Crippen LogP) is 2.82. The van der Waals surface area contributed by atoms with Gasteiger partial charge in [0.1, 0.15) is 11.3 Å². The molecule has 0 saturated heterocycles. The van der Waals surface area contributed by atoms with E-state index in [1.54, 1.807) is 6.07 Å². The molecule has 0 N–H and O–H groups in total. The minimum absolute atomic E-state index is 0.0665. The summed E-state index contributed by atoms with van der Waals surface area (Å²) in [6, 6.07) is 7.32. The molecule has 2 aromatic rings. The molecule has 0 aliphatic carbocycles. The Morgan fingerprint density at radius 3 is 2.71 bits per heavy atom. The molecule has 0 saturated carbocycles. The van der Waals surface area contributed by atoms with Crippen LogP contribution >= 0.6 is 11.8 Å². The van der Waals surface area contributed by atoms with Gasteiger partial charge in [0.2, 0.25) is 5.43 Å². The number of para-hydroxylation sites is 1. The molecule has 1 aromatic heterocycles. The molecule has 0 aliphatic heterocycles. The second kappa shape index (κ2) is 3.50. The highest BCUT2D eigenvalue weighted by molar-refractivity contribution is 7.98. The summed E-state index contributed by atoms with van der Waals surface area (Å²) in [5, 5.41) is 0.655. The second-order valence-electron chi connectivity index (χ2n) is 3.02. The molecule has 0 fully saturated rings. The topological polar surface area (TPSA) is 30.2 Å². The number of aryl methyl sites for hydroxylation is 1. The molecule has 72 valence electrons. The smallest absolute Gasteiger partial charge is 0.206 e. The molecule has 0 amide bonds. The van der Waals surface area contributed by atoms with Crippen LogP contribution in [0.3, 0.4) is 0 Å². The summed E-state index contributed by atoms with van der Waals surface area (Å²) in [4.78, 5) is 12.6. The number of hydrogen-bond donors (Lipinski definition) is 0. The maximum Gasteiger partial charge on any atom is 0.206 e. The maximum atomic E-state index is 11.9. The minimum Gasteiger partial charge on any atom is -0.460 e. The average Bonchev–Trinajstić information content (AvgIpc) is 2.18. The van der Waals surface area contributed by atoms with E-state index in [9.17, 15) is 4.79 Å². The van der Waals surface area contributed by atoms with Gasteiger partial charge in [-0.15, -0.1) is 11.8 Å². The second-order valence-corrected chi connectivity index (χ2v) is 3.83. The van der Waals surface area contributed by atoms with E-state index in [0.717, 1.165) is 0 Å². The Bertz CT molecular complexity index is 528. The van der Waals surface area contributed by atoms with Crippen LogP contribution in [-0.2, 0) is 0 Å². The van der Waals surface area contributed by atoms with Crippen molar-refractivity contribution in [3.8, 4) is 0 Å². The maximum absolute atomic E-state index is 11.9. The summed E-state index contributed by atoms with van der Waals surface area (Å²) in [6.07, 6.45) is 1.88. The quantitative estimate of drug-likeness (QED) is 0.672. The minimum atomic E-state index is 0.0665. The highest BCUT2D eigenvalue weighted by Gasteiger charge is 2.08. The van der Waals surface area contributed by atoms with E-state index >= 15 is 0 Å². The lowest BCUT2D eigenvalue weighted by Gasteiger charge is -2.02. The van der Waals surface area contributed by atoms with Gasteiger partial charge in [0.15, 0.2) is 0 Å². The van der Waals surface area contributed by atoms with Crippen molar-refractivity contribution in [2.45, 2.75) is 11.8 Å². The number of hydrogen-bond acceptors (Lipinski definition) is 3. The Kier molecular flexibility index (Phi) is 2.33. The van der Waals surface area contributed by atoms with Crippen LogP contribution in [0, 0.1) is 6.92 Å². The first kappa shape index (κ1) is 9.34. The van der Waals surface area contributed by atoms with Crippen molar-refractivity contribution in [2.24, 2.45) is 0 Å². The van der Waals surface area contributed by atoms with E-state index in [-0.39, 0.29) is 5.43 Å². The molecule has 1 heterocycles. The Balaban J connectivity index is 2.93. The highest BCUT2D eigenvalue weighted by atomic mass is 32.2. The average molecular weight is 206 g/mol. The third-order valence-corrected chi connectivity index (χ3v) is 3.01. The molecule has 0 radical (unpaired) electrons. The van der Waals surface area contributed by atoms with Crippen molar-refractivity contribution in [3.05, 3.63) is 40.2 Å². The van der Waals surface area contributed by atoms with Crippen molar-refractivity contribution in [3.63, 3.8) is 0 Å². The van der Waals surface area contributed by atoms with Gasteiger partial charge in [0.05, 0.1) is 10.3 Å². The number of fused-ring (bicyclic) bond motifs is 1.